The topological polar surface area (TPSA) is 70.0 Å². The van der Waals surface area contributed by atoms with E-state index in [1.165, 1.54) is 13.2 Å². The van der Waals surface area contributed by atoms with Gasteiger partial charge in [-0.05, 0) is 18.2 Å². The zero-order valence-corrected chi connectivity index (χ0v) is 8.85. The second kappa shape index (κ2) is 3.79. The standard InChI is InChI=1S/C9H12N2O2S/c1-7(12)11-8-4-3-5-9(6-8)14(2,10)13/h3-6,10H,1-2H3,(H,11,12)/t14-/m0/s1. The Morgan fingerprint density at radius 1 is 1.50 bits per heavy atom. The molecule has 1 atom stereocenters. The van der Waals surface area contributed by atoms with E-state index in [0.29, 0.717) is 10.6 Å². The van der Waals surface area contributed by atoms with Crippen LogP contribution in [-0.4, -0.2) is 16.4 Å². The minimum atomic E-state index is -2.71. The summed E-state index contributed by atoms with van der Waals surface area (Å²) in [6.45, 7) is 1.40. The largest absolute Gasteiger partial charge is 0.326 e. The van der Waals surface area contributed by atoms with Crippen molar-refractivity contribution in [2.45, 2.75) is 11.8 Å². The lowest BCUT2D eigenvalue weighted by Crippen LogP contribution is -2.06. The van der Waals surface area contributed by atoms with Gasteiger partial charge in [-0.25, -0.2) is 8.99 Å². The maximum Gasteiger partial charge on any atom is 0.221 e. The summed E-state index contributed by atoms with van der Waals surface area (Å²) in [4.78, 5) is 11.2. The Labute approximate surface area is 83.3 Å². The van der Waals surface area contributed by atoms with E-state index in [2.05, 4.69) is 5.32 Å². The molecule has 0 fully saturated rings. The van der Waals surface area contributed by atoms with Crippen LogP contribution < -0.4 is 5.32 Å². The summed E-state index contributed by atoms with van der Waals surface area (Å²) >= 11 is 0. The van der Waals surface area contributed by atoms with Gasteiger partial charge in [0.25, 0.3) is 0 Å². The first-order valence-corrected chi connectivity index (χ1v) is 5.97. The number of carbonyl (C=O) groups is 1. The molecule has 14 heavy (non-hydrogen) atoms. The Morgan fingerprint density at radius 3 is 2.64 bits per heavy atom. The summed E-state index contributed by atoms with van der Waals surface area (Å²) in [5.74, 6) is -0.185. The number of nitrogens with one attached hydrogen (secondary N) is 2. The maximum atomic E-state index is 11.4. The molecule has 5 heteroatoms. The molecule has 1 rings (SSSR count). The molecular formula is C9H12N2O2S. The van der Waals surface area contributed by atoms with Gasteiger partial charge in [0.1, 0.15) is 0 Å². The van der Waals surface area contributed by atoms with Gasteiger partial charge in [-0.15, -0.1) is 0 Å². The highest BCUT2D eigenvalue weighted by Crippen LogP contribution is 2.15. The van der Waals surface area contributed by atoms with E-state index < -0.39 is 9.73 Å². The summed E-state index contributed by atoms with van der Waals surface area (Å²) in [7, 11) is -2.71. The Bertz CT molecular complexity index is 452. The Hall–Kier alpha value is -1.36. The predicted octanol–water partition coefficient (Wildman–Crippen LogP) is 1.68. The number of anilines is 1. The fraction of sp³-hybridized carbons (Fsp3) is 0.222. The van der Waals surface area contributed by atoms with E-state index in [0.717, 1.165) is 0 Å². The summed E-state index contributed by atoms with van der Waals surface area (Å²) in [5.41, 5.74) is 0.567. The fourth-order valence-electron chi connectivity index (χ4n) is 1.02. The minimum absolute atomic E-state index is 0.185. The molecule has 0 aromatic heterocycles. The Morgan fingerprint density at radius 2 is 2.14 bits per heavy atom. The van der Waals surface area contributed by atoms with Crippen LogP contribution in [0.2, 0.25) is 0 Å². The molecule has 1 aromatic rings. The zero-order chi connectivity index (χ0) is 10.8. The molecule has 0 heterocycles. The van der Waals surface area contributed by atoms with Crippen molar-refractivity contribution < 1.29 is 9.00 Å². The third-order valence-electron chi connectivity index (χ3n) is 1.60. The number of rotatable bonds is 2. The van der Waals surface area contributed by atoms with Gasteiger partial charge in [-0.3, -0.25) is 4.79 Å². The van der Waals surface area contributed by atoms with Gasteiger partial charge >= 0.3 is 0 Å². The predicted molar refractivity (Wildman–Crippen MR) is 55.8 cm³/mol. The first-order valence-electron chi connectivity index (χ1n) is 4.01. The van der Waals surface area contributed by atoms with E-state index >= 15 is 0 Å². The molecule has 0 saturated carbocycles. The molecule has 0 bridgehead atoms. The van der Waals surface area contributed by atoms with Gasteiger partial charge in [-0.1, -0.05) is 6.07 Å². The number of carbonyl (C=O) groups excluding carboxylic acids is 1. The highest BCUT2D eigenvalue weighted by Gasteiger charge is 2.04. The summed E-state index contributed by atoms with van der Waals surface area (Å²) < 4.78 is 18.7. The van der Waals surface area contributed by atoms with Crippen LogP contribution in [0.4, 0.5) is 5.69 Å². The van der Waals surface area contributed by atoms with E-state index in [1.54, 1.807) is 24.3 Å². The van der Waals surface area contributed by atoms with Crippen LogP contribution in [0.5, 0.6) is 0 Å². The van der Waals surface area contributed by atoms with Crippen LogP contribution in [0.25, 0.3) is 0 Å². The highest BCUT2D eigenvalue weighted by molar-refractivity contribution is 7.91. The third kappa shape index (κ3) is 2.85. The second-order valence-electron chi connectivity index (χ2n) is 3.05. The van der Waals surface area contributed by atoms with Gasteiger partial charge in [0.2, 0.25) is 5.91 Å². The maximum absolute atomic E-state index is 11.4. The van der Waals surface area contributed by atoms with E-state index in [-0.39, 0.29) is 5.91 Å². The van der Waals surface area contributed by atoms with Gasteiger partial charge in [0, 0.05) is 23.8 Å². The molecule has 0 saturated heterocycles. The molecule has 0 unspecified atom stereocenters. The molecule has 4 nitrogen and oxygen atoms in total. The molecule has 2 N–H and O–H groups in total. The van der Waals surface area contributed by atoms with Crippen LogP contribution in [0.1, 0.15) is 6.92 Å². The number of hydrogen-bond acceptors (Lipinski definition) is 3. The fourth-order valence-corrected chi connectivity index (χ4v) is 1.71. The molecule has 0 aliphatic heterocycles. The molecule has 0 radical (unpaired) electrons. The smallest absolute Gasteiger partial charge is 0.221 e. The van der Waals surface area contributed by atoms with E-state index in [9.17, 15) is 9.00 Å². The average molecular weight is 212 g/mol. The van der Waals surface area contributed by atoms with Crippen molar-refractivity contribution in [1.29, 1.82) is 4.78 Å². The Kier molecular flexibility index (Phi) is 2.90. The third-order valence-corrected chi connectivity index (χ3v) is 2.76. The monoisotopic (exact) mass is 212 g/mol. The van der Waals surface area contributed by atoms with Crippen molar-refractivity contribution in [3.05, 3.63) is 24.3 Å². The van der Waals surface area contributed by atoms with Gasteiger partial charge in [0.05, 0.1) is 9.73 Å². The van der Waals surface area contributed by atoms with Crippen molar-refractivity contribution in [2.75, 3.05) is 11.6 Å². The number of amides is 1. The van der Waals surface area contributed by atoms with Crippen LogP contribution in [0, 0.1) is 4.78 Å². The Balaban J connectivity index is 3.08. The normalized spacial score (nSPS) is 14.4. The lowest BCUT2D eigenvalue weighted by Gasteiger charge is -2.05. The van der Waals surface area contributed by atoms with E-state index in [4.69, 9.17) is 4.78 Å². The minimum Gasteiger partial charge on any atom is -0.326 e. The van der Waals surface area contributed by atoms with Crippen LogP contribution in [0.3, 0.4) is 0 Å². The number of benzene rings is 1. The second-order valence-corrected chi connectivity index (χ2v) is 5.21. The summed E-state index contributed by atoms with van der Waals surface area (Å²) in [6.07, 6.45) is 1.35. The molecule has 1 amide bonds. The van der Waals surface area contributed by atoms with Crippen molar-refractivity contribution in [2.24, 2.45) is 0 Å². The first kappa shape index (κ1) is 10.7. The summed E-state index contributed by atoms with van der Waals surface area (Å²) in [6, 6.07) is 6.52. The zero-order valence-electron chi connectivity index (χ0n) is 8.03. The molecular weight excluding hydrogens is 200 g/mol. The average Bonchev–Trinajstić information content (AvgIpc) is 2.01. The van der Waals surface area contributed by atoms with Gasteiger partial charge in [0.15, 0.2) is 0 Å². The van der Waals surface area contributed by atoms with Crippen LogP contribution in [-0.2, 0) is 14.5 Å². The van der Waals surface area contributed by atoms with Crippen molar-refractivity contribution >= 4 is 21.3 Å². The SMILES string of the molecule is CC(=O)Nc1cccc([S@@](C)(=N)=O)c1. The molecule has 0 aliphatic carbocycles. The van der Waals surface area contributed by atoms with E-state index in [1.807, 2.05) is 0 Å². The molecule has 0 spiro atoms. The van der Waals surface area contributed by atoms with Crippen LogP contribution in [0.15, 0.2) is 29.2 Å². The van der Waals surface area contributed by atoms with Crippen molar-refractivity contribution in [3.63, 3.8) is 0 Å². The summed E-state index contributed by atoms with van der Waals surface area (Å²) in [5, 5.41) is 2.57. The molecule has 76 valence electrons. The lowest BCUT2D eigenvalue weighted by atomic mass is 10.3. The van der Waals surface area contributed by atoms with Gasteiger partial charge in [-0.2, -0.15) is 0 Å². The molecule has 0 aliphatic rings. The highest BCUT2D eigenvalue weighted by atomic mass is 32.2. The molecule has 1 aromatic carbocycles. The number of hydrogen-bond donors (Lipinski definition) is 2. The van der Waals surface area contributed by atoms with Crippen molar-refractivity contribution in [1.82, 2.24) is 0 Å². The first-order chi connectivity index (χ1) is 6.39. The van der Waals surface area contributed by atoms with Crippen molar-refractivity contribution in [3.8, 4) is 0 Å². The van der Waals surface area contributed by atoms with Crippen LogP contribution >= 0.6 is 0 Å². The quantitative estimate of drug-likeness (QED) is 0.783. The van der Waals surface area contributed by atoms with Gasteiger partial charge < -0.3 is 5.32 Å². The lowest BCUT2D eigenvalue weighted by molar-refractivity contribution is -0.114.